The molecule has 3 rings (SSSR count). The summed E-state index contributed by atoms with van der Waals surface area (Å²) in [6, 6.07) is 6.14. The Balaban J connectivity index is 1.51. The van der Waals surface area contributed by atoms with Gasteiger partial charge in [0.15, 0.2) is 5.13 Å². The van der Waals surface area contributed by atoms with Crippen molar-refractivity contribution in [3.8, 4) is 0 Å². The third-order valence-electron chi connectivity index (χ3n) is 4.50. The lowest BCUT2D eigenvalue weighted by molar-refractivity contribution is 0.337. The topological polar surface area (TPSA) is 71.1 Å². The zero-order valence-electron chi connectivity index (χ0n) is 13.6. The van der Waals surface area contributed by atoms with Gasteiger partial charge in [0.1, 0.15) is 0 Å². The van der Waals surface area contributed by atoms with Gasteiger partial charge in [0.2, 0.25) is 10.0 Å². The number of hydrogen-bond donors (Lipinski definition) is 2. The van der Waals surface area contributed by atoms with E-state index in [0.29, 0.717) is 18.5 Å². The molecule has 0 spiro atoms. The minimum Gasteiger partial charge on any atom is -0.359 e. The maximum absolute atomic E-state index is 11.5. The van der Waals surface area contributed by atoms with E-state index in [1.807, 2.05) is 18.2 Å². The Bertz CT molecular complexity index is 799. The van der Waals surface area contributed by atoms with Crippen molar-refractivity contribution in [3.63, 3.8) is 0 Å². The van der Waals surface area contributed by atoms with Crippen LogP contribution in [-0.2, 0) is 10.0 Å². The molecule has 0 unspecified atom stereocenters. The number of nitrogens with zero attached hydrogens (tertiary/aromatic N) is 1. The van der Waals surface area contributed by atoms with Crippen molar-refractivity contribution in [3.05, 3.63) is 23.2 Å². The van der Waals surface area contributed by atoms with Gasteiger partial charge in [0, 0.05) is 17.6 Å². The molecule has 1 aliphatic carbocycles. The molecule has 0 bridgehead atoms. The summed E-state index contributed by atoms with van der Waals surface area (Å²) >= 11 is 7.64. The average molecular weight is 388 g/mol. The second-order valence-corrected chi connectivity index (χ2v) is 9.81. The highest BCUT2D eigenvalue weighted by Gasteiger charge is 2.23. The van der Waals surface area contributed by atoms with Crippen LogP contribution in [0.1, 0.15) is 32.6 Å². The van der Waals surface area contributed by atoms with Crippen LogP contribution in [0.4, 0.5) is 5.13 Å². The van der Waals surface area contributed by atoms with Crippen molar-refractivity contribution in [1.82, 2.24) is 9.71 Å². The Morgan fingerprint density at radius 3 is 2.75 bits per heavy atom. The van der Waals surface area contributed by atoms with E-state index in [4.69, 9.17) is 11.6 Å². The third kappa shape index (κ3) is 4.59. The fourth-order valence-electron chi connectivity index (χ4n) is 2.99. The van der Waals surface area contributed by atoms with Crippen LogP contribution in [0.5, 0.6) is 0 Å². The first-order chi connectivity index (χ1) is 11.4. The summed E-state index contributed by atoms with van der Waals surface area (Å²) < 4.78 is 26.8. The number of nitrogens with one attached hydrogen (secondary N) is 2. The largest absolute Gasteiger partial charge is 0.359 e. The molecule has 2 N–H and O–H groups in total. The van der Waals surface area contributed by atoms with Gasteiger partial charge in [-0.15, -0.1) is 0 Å². The highest BCUT2D eigenvalue weighted by Crippen LogP contribution is 2.31. The number of rotatable bonds is 6. The Labute approximate surface area is 151 Å². The van der Waals surface area contributed by atoms with Crippen LogP contribution in [-0.4, -0.2) is 31.7 Å². The van der Waals surface area contributed by atoms with Crippen molar-refractivity contribution < 1.29 is 8.42 Å². The van der Waals surface area contributed by atoms with Gasteiger partial charge in [0.25, 0.3) is 0 Å². The van der Waals surface area contributed by atoms with Crippen LogP contribution >= 0.6 is 22.9 Å². The predicted octanol–water partition coefficient (Wildman–Crippen LogP) is 3.86. The molecule has 0 aliphatic heterocycles. The number of thiazole rings is 1. The molecule has 0 atom stereocenters. The summed E-state index contributed by atoms with van der Waals surface area (Å²) in [5.74, 6) is 0.574. The first-order valence-electron chi connectivity index (χ1n) is 8.25. The van der Waals surface area contributed by atoms with Gasteiger partial charge >= 0.3 is 0 Å². The van der Waals surface area contributed by atoms with Gasteiger partial charge in [-0.1, -0.05) is 22.9 Å². The molecule has 0 amide bonds. The monoisotopic (exact) mass is 387 g/mol. The normalized spacial score (nSPS) is 21.9. The number of fused-ring (bicyclic) bond motifs is 1. The second kappa shape index (κ2) is 7.56. The molecule has 1 fully saturated rings. The van der Waals surface area contributed by atoms with Gasteiger partial charge in [-0.05, 0) is 56.7 Å². The van der Waals surface area contributed by atoms with E-state index >= 15 is 0 Å². The molecule has 0 radical (unpaired) electrons. The van der Waals surface area contributed by atoms with Crippen molar-refractivity contribution >= 4 is 48.3 Å². The minimum absolute atomic E-state index is 0.144. The summed E-state index contributed by atoms with van der Waals surface area (Å²) in [7, 11) is -3.08. The molecule has 1 heterocycles. The molecule has 24 heavy (non-hydrogen) atoms. The van der Waals surface area contributed by atoms with E-state index in [9.17, 15) is 8.42 Å². The average Bonchev–Trinajstić information content (AvgIpc) is 2.95. The SMILES string of the molecule is CCS(=O)(=O)NC[C@H]1CC[C@H](Nc2nc3ccc(Cl)cc3s2)CC1. The van der Waals surface area contributed by atoms with Gasteiger partial charge < -0.3 is 5.32 Å². The molecule has 0 saturated heterocycles. The molecule has 1 saturated carbocycles. The minimum atomic E-state index is -3.08. The van der Waals surface area contributed by atoms with E-state index in [2.05, 4.69) is 15.0 Å². The Hall–Kier alpha value is -0.890. The van der Waals surface area contributed by atoms with Gasteiger partial charge in [-0.25, -0.2) is 18.1 Å². The van der Waals surface area contributed by atoms with Crippen LogP contribution in [0.2, 0.25) is 5.02 Å². The Kier molecular flexibility index (Phi) is 5.64. The molecule has 1 aliphatic rings. The molecule has 5 nitrogen and oxygen atoms in total. The quantitative estimate of drug-likeness (QED) is 0.789. The van der Waals surface area contributed by atoms with E-state index in [1.54, 1.807) is 18.3 Å². The predicted molar refractivity (Wildman–Crippen MR) is 101 cm³/mol. The Morgan fingerprint density at radius 1 is 1.29 bits per heavy atom. The summed E-state index contributed by atoms with van der Waals surface area (Å²) in [4.78, 5) is 4.60. The Morgan fingerprint density at radius 2 is 2.04 bits per heavy atom. The van der Waals surface area contributed by atoms with Crippen molar-refractivity contribution in [2.45, 2.75) is 38.6 Å². The first-order valence-corrected chi connectivity index (χ1v) is 11.1. The smallest absolute Gasteiger partial charge is 0.211 e. The number of benzene rings is 1. The number of sulfonamides is 1. The van der Waals surface area contributed by atoms with Crippen LogP contribution < -0.4 is 10.0 Å². The van der Waals surface area contributed by atoms with E-state index in [0.717, 1.165) is 46.1 Å². The standard InChI is InChI=1S/C16H22ClN3O2S2/c1-2-24(21,22)18-10-11-3-6-13(7-4-11)19-16-20-14-8-5-12(17)9-15(14)23-16/h5,8-9,11,13,18H,2-4,6-7,10H2,1H3,(H,19,20)/t11-,13-. The zero-order chi connectivity index (χ0) is 17.2. The van der Waals surface area contributed by atoms with Crippen LogP contribution in [0.25, 0.3) is 10.2 Å². The lowest BCUT2D eigenvalue weighted by Gasteiger charge is -2.29. The second-order valence-electron chi connectivity index (χ2n) is 6.24. The maximum Gasteiger partial charge on any atom is 0.211 e. The summed E-state index contributed by atoms with van der Waals surface area (Å²) in [5.41, 5.74) is 0.967. The molecular weight excluding hydrogens is 366 g/mol. The van der Waals surface area contributed by atoms with Gasteiger partial charge in [0.05, 0.1) is 16.0 Å². The molecule has 1 aromatic heterocycles. The molecule has 2 aromatic rings. The highest BCUT2D eigenvalue weighted by molar-refractivity contribution is 7.89. The van der Waals surface area contributed by atoms with Gasteiger partial charge in [-0.2, -0.15) is 0 Å². The van der Waals surface area contributed by atoms with Crippen LogP contribution in [0.15, 0.2) is 18.2 Å². The van der Waals surface area contributed by atoms with Crippen LogP contribution in [0.3, 0.4) is 0 Å². The molecular formula is C16H22ClN3O2S2. The number of halogens is 1. The molecule has 1 aromatic carbocycles. The van der Waals surface area contributed by atoms with E-state index in [-0.39, 0.29) is 5.75 Å². The number of hydrogen-bond acceptors (Lipinski definition) is 5. The number of anilines is 1. The summed E-state index contributed by atoms with van der Waals surface area (Å²) in [6.45, 7) is 2.22. The third-order valence-corrected chi connectivity index (χ3v) is 7.05. The molecule has 132 valence electrons. The van der Waals surface area contributed by atoms with E-state index in [1.165, 1.54) is 0 Å². The fraction of sp³-hybridized carbons (Fsp3) is 0.562. The van der Waals surface area contributed by atoms with E-state index < -0.39 is 10.0 Å². The lowest BCUT2D eigenvalue weighted by atomic mass is 9.86. The highest BCUT2D eigenvalue weighted by atomic mass is 35.5. The van der Waals surface area contributed by atoms with Crippen molar-refractivity contribution in [2.24, 2.45) is 5.92 Å². The number of aromatic nitrogens is 1. The fourth-order valence-corrected chi connectivity index (χ4v) is 4.91. The van der Waals surface area contributed by atoms with Crippen molar-refractivity contribution in [2.75, 3.05) is 17.6 Å². The summed E-state index contributed by atoms with van der Waals surface area (Å²) in [6.07, 6.45) is 4.13. The van der Waals surface area contributed by atoms with Crippen LogP contribution in [0, 0.1) is 5.92 Å². The van der Waals surface area contributed by atoms with Gasteiger partial charge in [-0.3, -0.25) is 0 Å². The maximum atomic E-state index is 11.5. The first kappa shape index (κ1) is 17.9. The van der Waals surface area contributed by atoms with Crippen molar-refractivity contribution in [1.29, 1.82) is 0 Å². The molecule has 8 heteroatoms. The summed E-state index contributed by atoms with van der Waals surface area (Å²) in [5, 5.41) is 5.18. The lowest BCUT2D eigenvalue weighted by Crippen LogP contribution is -2.34. The zero-order valence-corrected chi connectivity index (χ0v) is 16.0.